The van der Waals surface area contributed by atoms with Gasteiger partial charge in [-0.2, -0.15) is 0 Å². The summed E-state index contributed by atoms with van der Waals surface area (Å²) in [6.07, 6.45) is 2.76. The Bertz CT molecular complexity index is 430. The molecule has 0 unspecified atom stereocenters. The number of aliphatic hydroxyl groups excluding tert-OH is 1. The normalized spacial score (nSPS) is 11.3. The van der Waals surface area contributed by atoms with Gasteiger partial charge in [-0.1, -0.05) is 0 Å². The van der Waals surface area contributed by atoms with Crippen LogP contribution in [0, 0.1) is 13.8 Å². The number of fused-ring (bicyclic) bond motifs is 1. The minimum atomic E-state index is 0.212. The zero-order valence-electron chi connectivity index (χ0n) is 7.74. The van der Waals surface area contributed by atoms with Crippen LogP contribution in [0.5, 0.6) is 0 Å². The van der Waals surface area contributed by atoms with E-state index < -0.39 is 0 Å². The van der Waals surface area contributed by atoms with E-state index in [1.165, 1.54) is 10.6 Å². The zero-order valence-corrected chi connectivity index (χ0v) is 8.56. The van der Waals surface area contributed by atoms with Crippen molar-refractivity contribution >= 4 is 16.3 Å². The highest BCUT2D eigenvalue weighted by Gasteiger charge is 2.08. The quantitative estimate of drug-likeness (QED) is 0.791. The van der Waals surface area contributed by atoms with E-state index in [1.54, 1.807) is 11.3 Å². The average molecular weight is 196 g/mol. The molecule has 2 rings (SSSR count). The number of thiazole rings is 1. The Morgan fingerprint density at radius 2 is 2.31 bits per heavy atom. The fourth-order valence-corrected chi connectivity index (χ4v) is 2.58. The molecule has 2 heterocycles. The Hall–Kier alpha value is -0.870. The molecular formula is C9H12N2OS. The summed E-state index contributed by atoms with van der Waals surface area (Å²) in [6, 6.07) is 0. The Morgan fingerprint density at radius 1 is 1.54 bits per heavy atom. The van der Waals surface area contributed by atoms with Crippen molar-refractivity contribution in [1.82, 2.24) is 9.38 Å². The molecule has 0 aliphatic heterocycles. The molecule has 0 saturated heterocycles. The van der Waals surface area contributed by atoms with Gasteiger partial charge in [0.25, 0.3) is 0 Å². The lowest BCUT2D eigenvalue weighted by atomic mass is 10.3. The molecule has 0 aliphatic carbocycles. The van der Waals surface area contributed by atoms with Crippen LogP contribution >= 0.6 is 11.3 Å². The van der Waals surface area contributed by atoms with Gasteiger partial charge in [0.15, 0.2) is 4.96 Å². The molecule has 0 bridgehead atoms. The first-order valence-corrected chi connectivity index (χ1v) is 5.09. The maximum absolute atomic E-state index is 8.84. The van der Waals surface area contributed by atoms with Crippen molar-refractivity contribution in [1.29, 1.82) is 0 Å². The van der Waals surface area contributed by atoms with E-state index in [9.17, 15) is 0 Å². The van der Waals surface area contributed by atoms with Crippen LogP contribution in [0.1, 0.15) is 16.3 Å². The predicted molar refractivity (Wildman–Crippen MR) is 53.3 cm³/mol. The number of nitrogens with zero attached hydrogens (tertiary/aromatic N) is 2. The third-order valence-corrected chi connectivity index (χ3v) is 3.33. The molecule has 70 valence electrons. The summed E-state index contributed by atoms with van der Waals surface area (Å²) in [5, 5.41) is 8.84. The van der Waals surface area contributed by atoms with Crippen molar-refractivity contribution in [3.8, 4) is 0 Å². The van der Waals surface area contributed by atoms with Gasteiger partial charge in [0, 0.05) is 29.8 Å². The highest BCUT2D eigenvalue weighted by atomic mass is 32.1. The minimum absolute atomic E-state index is 0.212. The van der Waals surface area contributed by atoms with E-state index in [0.717, 1.165) is 17.1 Å². The highest BCUT2D eigenvalue weighted by Crippen LogP contribution is 2.22. The molecule has 0 atom stereocenters. The van der Waals surface area contributed by atoms with Gasteiger partial charge in [-0.25, -0.2) is 4.98 Å². The number of imidazole rings is 1. The maximum atomic E-state index is 8.84. The van der Waals surface area contributed by atoms with E-state index in [2.05, 4.69) is 16.3 Å². The Labute approximate surface area is 80.7 Å². The lowest BCUT2D eigenvalue weighted by Crippen LogP contribution is -1.91. The molecule has 0 aromatic carbocycles. The second-order valence-corrected chi connectivity index (χ2v) is 4.18. The first-order chi connectivity index (χ1) is 6.22. The van der Waals surface area contributed by atoms with E-state index in [0.29, 0.717) is 0 Å². The van der Waals surface area contributed by atoms with Gasteiger partial charge in [0.2, 0.25) is 0 Å². The Balaban J connectivity index is 2.56. The number of aliphatic hydroxyl groups is 1. The summed E-state index contributed by atoms with van der Waals surface area (Å²) in [6.45, 7) is 4.27. The Morgan fingerprint density at radius 3 is 2.92 bits per heavy atom. The summed E-state index contributed by atoms with van der Waals surface area (Å²) in [5.41, 5.74) is 2.25. The molecule has 13 heavy (non-hydrogen) atoms. The third-order valence-electron chi connectivity index (χ3n) is 2.11. The van der Waals surface area contributed by atoms with Crippen molar-refractivity contribution in [2.45, 2.75) is 20.3 Å². The largest absolute Gasteiger partial charge is 0.396 e. The molecule has 4 heteroatoms. The van der Waals surface area contributed by atoms with Gasteiger partial charge in [-0.3, -0.25) is 4.40 Å². The molecule has 0 fully saturated rings. The summed E-state index contributed by atoms with van der Waals surface area (Å²) < 4.78 is 2.09. The minimum Gasteiger partial charge on any atom is -0.396 e. The standard InChI is InChI=1S/C9H12N2OS/c1-6-5-11-7(2)8(3-4-12)13-9(11)10-6/h5,12H,3-4H2,1-2H3. The first-order valence-electron chi connectivity index (χ1n) is 4.27. The summed E-state index contributed by atoms with van der Waals surface area (Å²) in [4.78, 5) is 6.63. The smallest absolute Gasteiger partial charge is 0.194 e. The van der Waals surface area contributed by atoms with E-state index in [4.69, 9.17) is 5.11 Å². The van der Waals surface area contributed by atoms with Crippen LogP contribution in [0.2, 0.25) is 0 Å². The molecule has 0 spiro atoms. The second kappa shape index (κ2) is 3.12. The van der Waals surface area contributed by atoms with Gasteiger partial charge in [-0.15, -0.1) is 11.3 Å². The van der Waals surface area contributed by atoms with Crippen LogP contribution in [0.25, 0.3) is 4.96 Å². The molecule has 0 amide bonds. The molecule has 0 saturated carbocycles. The van der Waals surface area contributed by atoms with E-state index in [-0.39, 0.29) is 6.61 Å². The summed E-state index contributed by atoms with van der Waals surface area (Å²) in [7, 11) is 0. The van der Waals surface area contributed by atoms with Gasteiger partial charge >= 0.3 is 0 Å². The van der Waals surface area contributed by atoms with Crippen LogP contribution in [0.3, 0.4) is 0 Å². The van der Waals surface area contributed by atoms with Gasteiger partial charge in [-0.05, 0) is 13.8 Å². The van der Waals surface area contributed by atoms with Crippen molar-refractivity contribution in [2.24, 2.45) is 0 Å². The topological polar surface area (TPSA) is 37.5 Å². The second-order valence-electron chi connectivity index (χ2n) is 3.12. The Kier molecular flexibility index (Phi) is 2.09. The van der Waals surface area contributed by atoms with Gasteiger partial charge < -0.3 is 5.11 Å². The summed E-state index contributed by atoms with van der Waals surface area (Å²) >= 11 is 1.66. The molecule has 0 aliphatic rings. The molecular weight excluding hydrogens is 184 g/mol. The van der Waals surface area contributed by atoms with E-state index >= 15 is 0 Å². The fraction of sp³-hybridized carbons (Fsp3) is 0.444. The van der Waals surface area contributed by atoms with Crippen LogP contribution < -0.4 is 0 Å². The number of hydrogen-bond acceptors (Lipinski definition) is 3. The number of rotatable bonds is 2. The van der Waals surface area contributed by atoms with Gasteiger partial charge in [0.1, 0.15) is 0 Å². The summed E-state index contributed by atoms with van der Waals surface area (Å²) in [5.74, 6) is 0. The van der Waals surface area contributed by atoms with Crippen molar-refractivity contribution in [3.63, 3.8) is 0 Å². The van der Waals surface area contributed by atoms with Gasteiger partial charge in [0.05, 0.1) is 5.69 Å². The highest BCUT2D eigenvalue weighted by molar-refractivity contribution is 7.17. The van der Waals surface area contributed by atoms with Crippen LogP contribution in [-0.4, -0.2) is 21.1 Å². The molecule has 1 N–H and O–H groups in total. The number of aromatic nitrogens is 2. The fourth-order valence-electron chi connectivity index (χ4n) is 1.44. The molecule has 3 nitrogen and oxygen atoms in total. The number of aryl methyl sites for hydroxylation is 2. The predicted octanol–water partition coefficient (Wildman–Crippen LogP) is 1.55. The SMILES string of the molecule is Cc1cn2c(C)c(CCO)sc2n1. The monoisotopic (exact) mass is 196 g/mol. The molecule has 2 aromatic heterocycles. The third kappa shape index (κ3) is 1.36. The lowest BCUT2D eigenvalue weighted by molar-refractivity contribution is 0.300. The zero-order chi connectivity index (χ0) is 9.42. The van der Waals surface area contributed by atoms with Crippen molar-refractivity contribution in [2.75, 3.05) is 6.61 Å². The lowest BCUT2D eigenvalue weighted by Gasteiger charge is -1.94. The van der Waals surface area contributed by atoms with Crippen molar-refractivity contribution in [3.05, 3.63) is 22.5 Å². The van der Waals surface area contributed by atoms with Crippen LogP contribution in [0.4, 0.5) is 0 Å². The van der Waals surface area contributed by atoms with Crippen molar-refractivity contribution < 1.29 is 5.11 Å². The van der Waals surface area contributed by atoms with Crippen LogP contribution in [-0.2, 0) is 6.42 Å². The molecule has 0 radical (unpaired) electrons. The first kappa shape index (κ1) is 8.72. The number of hydrogen-bond donors (Lipinski definition) is 1. The van der Waals surface area contributed by atoms with Crippen LogP contribution in [0.15, 0.2) is 6.20 Å². The average Bonchev–Trinajstić information content (AvgIpc) is 2.54. The van der Waals surface area contributed by atoms with E-state index in [1.807, 2.05) is 13.1 Å². The molecule has 2 aromatic rings. The maximum Gasteiger partial charge on any atom is 0.194 e.